The van der Waals surface area contributed by atoms with Crippen LogP contribution in [-0.2, 0) is 13.1 Å². The molecule has 1 saturated carbocycles. The average molecular weight is 280 g/mol. The Labute approximate surface area is 120 Å². The predicted molar refractivity (Wildman–Crippen MR) is 80.4 cm³/mol. The van der Waals surface area contributed by atoms with Crippen molar-refractivity contribution in [2.45, 2.75) is 50.6 Å². The number of furan rings is 1. The summed E-state index contributed by atoms with van der Waals surface area (Å²) < 4.78 is 6.07. The number of hydrogen-bond acceptors (Lipinski definition) is 4. The number of thioether (sulfide) groups is 1. The Morgan fingerprint density at radius 3 is 3.05 bits per heavy atom. The summed E-state index contributed by atoms with van der Waals surface area (Å²) in [5.74, 6) is 2.37. The second-order valence-corrected chi connectivity index (χ2v) is 8.15. The van der Waals surface area contributed by atoms with Gasteiger partial charge in [0.1, 0.15) is 5.76 Å². The van der Waals surface area contributed by atoms with Gasteiger partial charge in [0.2, 0.25) is 0 Å². The minimum absolute atomic E-state index is 0.372. The van der Waals surface area contributed by atoms with E-state index in [1.54, 1.807) is 0 Å². The molecule has 0 bridgehead atoms. The molecule has 1 aliphatic heterocycles. The van der Waals surface area contributed by atoms with E-state index < -0.39 is 0 Å². The topological polar surface area (TPSA) is 28.4 Å². The Kier molecular flexibility index (Phi) is 3.92. The highest BCUT2D eigenvalue weighted by Crippen LogP contribution is 2.30. The fourth-order valence-corrected chi connectivity index (χ4v) is 3.83. The molecule has 0 atom stereocenters. The van der Waals surface area contributed by atoms with Crippen LogP contribution < -0.4 is 5.32 Å². The molecule has 3 nitrogen and oxygen atoms in total. The highest BCUT2D eigenvalue weighted by Gasteiger charge is 2.28. The molecule has 0 radical (unpaired) electrons. The number of nitrogens with zero attached hydrogens (tertiary/aromatic N) is 1. The minimum Gasteiger partial charge on any atom is -0.468 e. The van der Waals surface area contributed by atoms with Crippen LogP contribution in [0.15, 0.2) is 16.7 Å². The highest BCUT2D eigenvalue weighted by molar-refractivity contribution is 8.00. The van der Waals surface area contributed by atoms with Crippen molar-refractivity contribution in [2.75, 3.05) is 18.8 Å². The van der Waals surface area contributed by atoms with Crippen LogP contribution in [0.5, 0.6) is 0 Å². The molecule has 0 aromatic carbocycles. The van der Waals surface area contributed by atoms with E-state index >= 15 is 0 Å². The Hall–Kier alpha value is -0.450. The SMILES string of the molecule is CC1(C)CN(Cc2occc2CNC2CC2)CCS1. The van der Waals surface area contributed by atoms with Crippen molar-refractivity contribution in [3.8, 4) is 0 Å². The van der Waals surface area contributed by atoms with Crippen LogP contribution in [-0.4, -0.2) is 34.5 Å². The summed E-state index contributed by atoms with van der Waals surface area (Å²) >= 11 is 2.08. The van der Waals surface area contributed by atoms with Crippen LogP contribution >= 0.6 is 11.8 Å². The molecule has 1 aliphatic carbocycles. The summed E-state index contributed by atoms with van der Waals surface area (Å²) in [6.45, 7) is 8.91. The molecule has 106 valence electrons. The Balaban J connectivity index is 1.57. The first-order chi connectivity index (χ1) is 9.12. The molecule has 2 heterocycles. The first-order valence-corrected chi connectivity index (χ1v) is 8.26. The molecule has 0 spiro atoms. The Morgan fingerprint density at radius 2 is 2.32 bits per heavy atom. The van der Waals surface area contributed by atoms with Crippen LogP contribution in [0.1, 0.15) is 38.0 Å². The smallest absolute Gasteiger partial charge is 0.122 e. The van der Waals surface area contributed by atoms with E-state index in [2.05, 4.69) is 41.9 Å². The first kappa shape index (κ1) is 13.5. The quantitative estimate of drug-likeness (QED) is 0.898. The lowest BCUT2D eigenvalue weighted by Gasteiger charge is -2.37. The van der Waals surface area contributed by atoms with Gasteiger partial charge in [-0.15, -0.1) is 0 Å². The van der Waals surface area contributed by atoms with Crippen LogP contribution in [0.4, 0.5) is 0 Å². The maximum atomic E-state index is 5.70. The number of nitrogens with one attached hydrogen (secondary N) is 1. The van der Waals surface area contributed by atoms with Gasteiger partial charge in [-0.3, -0.25) is 4.90 Å². The Morgan fingerprint density at radius 1 is 1.47 bits per heavy atom. The molecule has 0 amide bonds. The molecule has 19 heavy (non-hydrogen) atoms. The maximum Gasteiger partial charge on any atom is 0.122 e. The van der Waals surface area contributed by atoms with Gasteiger partial charge in [-0.05, 0) is 32.8 Å². The molecule has 3 rings (SSSR count). The van der Waals surface area contributed by atoms with Crippen molar-refractivity contribution < 1.29 is 4.42 Å². The molecular weight excluding hydrogens is 256 g/mol. The van der Waals surface area contributed by atoms with E-state index in [0.717, 1.165) is 31.4 Å². The second-order valence-electron chi connectivity index (χ2n) is 6.34. The third kappa shape index (κ3) is 3.77. The molecular formula is C15H24N2OS. The summed E-state index contributed by atoms with van der Waals surface area (Å²) in [5, 5.41) is 3.57. The molecule has 1 aromatic heterocycles. The third-order valence-corrected chi connectivity index (χ3v) is 5.17. The van der Waals surface area contributed by atoms with E-state index in [0.29, 0.717) is 4.75 Å². The van der Waals surface area contributed by atoms with E-state index in [1.807, 2.05) is 6.26 Å². The van der Waals surface area contributed by atoms with Crippen molar-refractivity contribution in [3.05, 3.63) is 23.7 Å². The monoisotopic (exact) mass is 280 g/mol. The minimum atomic E-state index is 0.372. The third-order valence-electron chi connectivity index (χ3n) is 3.87. The zero-order valence-corrected chi connectivity index (χ0v) is 12.8. The molecule has 1 N–H and O–H groups in total. The molecule has 1 aromatic rings. The van der Waals surface area contributed by atoms with Gasteiger partial charge in [0.15, 0.2) is 0 Å². The lowest BCUT2D eigenvalue weighted by atomic mass is 10.1. The number of rotatable bonds is 5. The van der Waals surface area contributed by atoms with Crippen molar-refractivity contribution in [1.82, 2.24) is 10.2 Å². The molecule has 1 saturated heterocycles. The largest absolute Gasteiger partial charge is 0.468 e. The molecule has 2 aliphatic rings. The van der Waals surface area contributed by atoms with E-state index in [-0.39, 0.29) is 0 Å². The molecule has 0 unspecified atom stereocenters. The normalized spacial score (nSPS) is 23.7. The fourth-order valence-electron chi connectivity index (χ4n) is 2.66. The zero-order chi connectivity index (χ0) is 13.3. The Bertz CT molecular complexity index is 426. The standard InChI is InChI=1S/C15H24N2OS/c1-15(2)11-17(6-8-19-15)10-14-12(5-7-18-14)9-16-13-3-4-13/h5,7,13,16H,3-4,6,8-11H2,1-2H3. The zero-order valence-electron chi connectivity index (χ0n) is 11.9. The van der Waals surface area contributed by atoms with Crippen molar-refractivity contribution in [3.63, 3.8) is 0 Å². The summed E-state index contributed by atoms with van der Waals surface area (Å²) in [6, 6.07) is 2.88. The van der Waals surface area contributed by atoms with Gasteiger partial charge >= 0.3 is 0 Å². The van der Waals surface area contributed by atoms with Gasteiger partial charge in [-0.1, -0.05) is 0 Å². The summed E-state index contributed by atoms with van der Waals surface area (Å²) in [7, 11) is 0. The van der Waals surface area contributed by atoms with Gasteiger partial charge < -0.3 is 9.73 Å². The second kappa shape index (κ2) is 5.51. The highest BCUT2D eigenvalue weighted by atomic mass is 32.2. The van der Waals surface area contributed by atoms with Crippen LogP contribution in [0.25, 0.3) is 0 Å². The van der Waals surface area contributed by atoms with Crippen LogP contribution in [0.3, 0.4) is 0 Å². The van der Waals surface area contributed by atoms with E-state index in [9.17, 15) is 0 Å². The summed E-state index contributed by atoms with van der Waals surface area (Å²) in [6.07, 6.45) is 4.51. The summed E-state index contributed by atoms with van der Waals surface area (Å²) in [4.78, 5) is 2.52. The fraction of sp³-hybridized carbons (Fsp3) is 0.733. The summed E-state index contributed by atoms with van der Waals surface area (Å²) in [5.41, 5.74) is 1.34. The number of hydrogen-bond donors (Lipinski definition) is 1. The molecule has 2 fully saturated rings. The average Bonchev–Trinajstić information content (AvgIpc) is 3.07. The van der Waals surface area contributed by atoms with Crippen molar-refractivity contribution in [1.29, 1.82) is 0 Å². The van der Waals surface area contributed by atoms with Gasteiger partial charge in [-0.2, -0.15) is 11.8 Å². The lowest BCUT2D eigenvalue weighted by Crippen LogP contribution is -2.42. The maximum absolute atomic E-state index is 5.70. The van der Waals surface area contributed by atoms with Crippen molar-refractivity contribution >= 4 is 11.8 Å². The van der Waals surface area contributed by atoms with Gasteiger partial charge in [0.05, 0.1) is 12.8 Å². The van der Waals surface area contributed by atoms with Gasteiger partial charge in [0.25, 0.3) is 0 Å². The predicted octanol–water partition coefficient (Wildman–Crippen LogP) is 2.86. The van der Waals surface area contributed by atoms with Gasteiger partial charge in [0, 0.05) is 41.7 Å². The van der Waals surface area contributed by atoms with Crippen LogP contribution in [0, 0.1) is 0 Å². The van der Waals surface area contributed by atoms with E-state index in [1.165, 1.54) is 30.7 Å². The van der Waals surface area contributed by atoms with E-state index in [4.69, 9.17) is 4.42 Å². The lowest BCUT2D eigenvalue weighted by molar-refractivity contribution is 0.231. The van der Waals surface area contributed by atoms with Crippen LogP contribution in [0.2, 0.25) is 0 Å². The molecule has 4 heteroatoms. The van der Waals surface area contributed by atoms with Gasteiger partial charge in [-0.25, -0.2) is 0 Å². The van der Waals surface area contributed by atoms with Crippen molar-refractivity contribution in [2.24, 2.45) is 0 Å². The first-order valence-electron chi connectivity index (χ1n) is 7.27.